The van der Waals surface area contributed by atoms with Gasteiger partial charge in [0.15, 0.2) is 0 Å². The lowest BCUT2D eigenvalue weighted by molar-refractivity contribution is -0.140. The third kappa shape index (κ3) is 5.04. The standard InChI is InChI=1S/C11H21NO4S/c1-16-11(13)6-7-12-9-4-3-5-10(8-9)17(2,14)15/h9-10,12H,3-8H2,1-2H3. The SMILES string of the molecule is COC(=O)CCNC1CCCC(S(C)(=O)=O)C1. The molecule has 0 aromatic rings. The summed E-state index contributed by atoms with van der Waals surface area (Å²) in [6.07, 6.45) is 4.94. The first-order valence-corrected chi connectivity index (χ1v) is 7.88. The van der Waals surface area contributed by atoms with Crippen molar-refractivity contribution in [1.82, 2.24) is 5.32 Å². The first kappa shape index (κ1) is 14.4. The van der Waals surface area contributed by atoms with Crippen LogP contribution >= 0.6 is 0 Å². The normalized spacial score (nSPS) is 25.5. The first-order chi connectivity index (χ1) is 7.93. The van der Waals surface area contributed by atoms with Crippen molar-refractivity contribution < 1.29 is 17.9 Å². The molecule has 0 amide bonds. The van der Waals surface area contributed by atoms with E-state index in [0.717, 1.165) is 19.3 Å². The number of nitrogens with one attached hydrogen (secondary N) is 1. The highest BCUT2D eigenvalue weighted by atomic mass is 32.2. The Hall–Kier alpha value is -0.620. The highest BCUT2D eigenvalue weighted by Gasteiger charge is 2.28. The maximum atomic E-state index is 11.5. The summed E-state index contributed by atoms with van der Waals surface area (Å²) in [6.45, 7) is 0.549. The molecule has 100 valence electrons. The molecule has 17 heavy (non-hydrogen) atoms. The Labute approximate surface area is 103 Å². The predicted molar refractivity (Wildman–Crippen MR) is 65.5 cm³/mol. The van der Waals surface area contributed by atoms with E-state index in [9.17, 15) is 13.2 Å². The van der Waals surface area contributed by atoms with Gasteiger partial charge in [-0.05, 0) is 19.3 Å². The van der Waals surface area contributed by atoms with Crippen LogP contribution in [-0.2, 0) is 19.4 Å². The monoisotopic (exact) mass is 263 g/mol. The molecule has 1 fully saturated rings. The Morgan fingerprint density at radius 1 is 1.41 bits per heavy atom. The minimum absolute atomic E-state index is 0.202. The molecule has 5 nitrogen and oxygen atoms in total. The van der Waals surface area contributed by atoms with Gasteiger partial charge in [0.05, 0.1) is 18.8 Å². The van der Waals surface area contributed by atoms with Crippen LogP contribution in [-0.4, -0.2) is 45.6 Å². The molecule has 1 saturated carbocycles. The number of hydrogen-bond donors (Lipinski definition) is 1. The molecule has 6 heteroatoms. The first-order valence-electron chi connectivity index (χ1n) is 5.92. The van der Waals surface area contributed by atoms with Gasteiger partial charge in [0.25, 0.3) is 0 Å². The van der Waals surface area contributed by atoms with Crippen molar-refractivity contribution in [1.29, 1.82) is 0 Å². The van der Waals surface area contributed by atoms with Crippen LogP contribution in [0.5, 0.6) is 0 Å². The summed E-state index contributed by atoms with van der Waals surface area (Å²) in [6, 6.07) is 0.202. The predicted octanol–water partition coefficient (Wildman–Crippen LogP) is 0.495. The maximum absolute atomic E-state index is 11.5. The highest BCUT2D eigenvalue weighted by molar-refractivity contribution is 7.91. The van der Waals surface area contributed by atoms with Crippen molar-refractivity contribution in [2.24, 2.45) is 0 Å². The van der Waals surface area contributed by atoms with E-state index in [1.165, 1.54) is 13.4 Å². The molecular formula is C11H21NO4S. The summed E-state index contributed by atoms with van der Waals surface area (Å²) in [5.41, 5.74) is 0. The van der Waals surface area contributed by atoms with Crippen molar-refractivity contribution in [3.8, 4) is 0 Å². The van der Waals surface area contributed by atoms with E-state index in [2.05, 4.69) is 10.1 Å². The van der Waals surface area contributed by atoms with Crippen LogP contribution in [0.2, 0.25) is 0 Å². The summed E-state index contributed by atoms with van der Waals surface area (Å²) in [7, 11) is -1.57. The Morgan fingerprint density at radius 3 is 2.71 bits per heavy atom. The van der Waals surface area contributed by atoms with E-state index in [4.69, 9.17) is 0 Å². The molecular weight excluding hydrogens is 242 g/mol. The zero-order chi connectivity index (χ0) is 12.9. The van der Waals surface area contributed by atoms with Gasteiger partial charge in [0.1, 0.15) is 9.84 Å². The summed E-state index contributed by atoms with van der Waals surface area (Å²) < 4.78 is 27.5. The summed E-state index contributed by atoms with van der Waals surface area (Å²) in [4.78, 5) is 10.9. The van der Waals surface area contributed by atoms with Gasteiger partial charge < -0.3 is 10.1 Å². The molecule has 2 atom stereocenters. The van der Waals surface area contributed by atoms with E-state index >= 15 is 0 Å². The fourth-order valence-corrected chi connectivity index (χ4v) is 3.38. The van der Waals surface area contributed by atoms with Crippen LogP contribution in [0.15, 0.2) is 0 Å². The molecule has 0 heterocycles. The second-order valence-corrected chi connectivity index (χ2v) is 6.92. The van der Waals surface area contributed by atoms with Crippen molar-refractivity contribution in [2.75, 3.05) is 19.9 Å². The van der Waals surface area contributed by atoms with Gasteiger partial charge in [-0.15, -0.1) is 0 Å². The Bertz CT molecular complexity index is 352. The van der Waals surface area contributed by atoms with Crippen LogP contribution in [0.1, 0.15) is 32.1 Å². The van der Waals surface area contributed by atoms with Crippen LogP contribution in [0.3, 0.4) is 0 Å². The van der Waals surface area contributed by atoms with Gasteiger partial charge in [-0.1, -0.05) is 6.42 Å². The number of carbonyl (C=O) groups excluding carboxylic acids is 1. The quantitative estimate of drug-likeness (QED) is 0.731. The zero-order valence-corrected chi connectivity index (χ0v) is 11.3. The zero-order valence-electron chi connectivity index (χ0n) is 10.4. The van der Waals surface area contributed by atoms with E-state index in [0.29, 0.717) is 19.4 Å². The Balaban J connectivity index is 2.33. The van der Waals surface area contributed by atoms with Crippen molar-refractivity contribution in [3.05, 3.63) is 0 Å². The average molecular weight is 263 g/mol. The molecule has 0 aromatic heterocycles. The van der Waals surface area contributed by atoms with Crippen LogP contribution in [0.25, 0.3) is 0 Å². The minimum atomic E-state index is -2.94. The number of hydrogen-bond acceptors (Lipinski definition) is 5. The van der Waals surface area contributed by atoms with Crippen LogP contribution in [0.4, 0.5) is 0 Å². The molecule has 0 radical (unpaired) electrons. The largest absolute Gasteiger partial charge is 0.469 e. The number of ether oxygens (including phenoxy) is 1. The molecule has 0 saturated heterocycles. The molecule has 1 aliphatic rings. The second-order valence-electron chi connectivity index (χ2n) is 4.60. The summed E-state index contributed by atoms with van der Waals surface area (Å²) >= 11 is 0. The van der Waals surface area contributed by atoms with Crippen molar-refractivity contribution >= 4 is 15.8 Å². The third-order valence-corrected chi connectivity index (χ3v) is 4.86. The fraction of sp³-hybridized carbons (Fsp3) is 0.909. The maximum Gasteiger partial charge on any atom is 0.306 e. The average Bonchev–Trinajstić information content (AvgIpc) is 2.28. The molecule has 1 rings (SSSR count). The lowest BCUT2D eigenvalue weighted by atomic mass is 9.95. The van der Waals surface area contributed by atoms with E-state index in [1.807, 2.05) is 0 Å². The lowest BCUT2D eigenvalue weighted by Gasteiger charge is -2.28. The van der Waals surface area contributed by atoms with Gasteiger partial charge in [-0.2, -0.15) is 0 Å². The Kier molecular flexibility index (Phi) is 5.39. The van der Waals surface area contributed by atoms with E-state index in [-0.39, 0.29) is 17.3 Å². The number of carbonyl (C=O) groups is 1. The minimum Gasteiger partial charge on any atom is -0.469 e. The smallest absolute Gasteiger partial charge is 0.306 e. The molecule has 0 aliphatic heterocycles. The summed E-state index contributed by atoms with van der Waals surface area (Å²) in [5, 5.41) is 2.99. The Morgan fingerprint density at radius 2 is 2.12 bits per heavy atom. The second kappa shape index (κ2) is 6.35. The number of esters is 1. The molecule has 1 N–H and O–H groups in total. The van der Waals surface area contributed by atoms with E-state index in [1.54, 1.807) is 0 Å². The van der Waals surface area contributed by atoms with Gasteiger partial charge in [0, 0.05) is 18.8 Å². The van der Waals surface area contributed by atoms with Crippen molar-refractivity contribution in [3.63, 3.8) is 0 Å². The molecule has 2 unspecified atom stereocenters. The number of sulfone groups is 1. The van der Waals surface area contributed by atoms with Gasteiger partial charge in [-0.25, -0.2) is 8.42 Å². The molecule has 0 aromatic carbocycles. The van der Waals surface area contributed by atoms with Gasteiger partial charge in [0.2, 0.25) is 0 Å². The van der Waals surface area contributed by atoms with Gasteiger partial charge >= 0.3 is 5.97 Å². The van der Waals surface area contributed by atoms with Crippen molar-refractivity contribution in [2.45, 2.75) is 43.4 Å². The number of methoxy groups -OCH3 is 1. The molecule has 0 bridgehead atoms. The molecule has 0 spiro atoms. The number of rotatable bonds is 5. The van der Waals surface area contributed by atoms with E-state index < -0.39 is 9.84 Å². The third-order valence-electron chi connectivity index (χ3n) is 3.22. The fourth-order valence-electron chi connectivity index (χ4n) is 2.20. The highest BCUT2D eigenvalue weighted by Crippen LogP contribution is 2.23. The molecule has 1 aliphatic carbocycles. The lowest BCUT2D eigenvalue weighted by Crippen LogP contribution is -2.39. The van der Waals surface area contributed by atoms with Crippen LogP contribution in [0, 0.1) is 0 Å². The van der Waals surface area contributed by atoms with Crippen LogP contribution < -0.4 is 5.32 Å². The summed E-state index contributed by atoms with van der Waals surface area (Å²) in [5.74, 6) is -0.243. The topological polar surface area (TPSA) is 72.5 Å². The van der Waals surface area contributed by atoms with Gasteiger partial charge in [-0.3, -0.25) is 4.79 Å².